The molecule has 0 aliphatic carbocycles. The smallest absolute Gasteiger partial charge is 0.321 e. The van der Waals surface area contributed by atoms with E-state index in [-0.39, 0.29) is 6.03 Å². The van der Waals surface area contributed by atoms with E-state index in [1.165, 1.54) is 0 Å². The van der Waals surface area contributed by atoms with Gasteiger partial charge in [0.15, 0.2) is 0 Å². The molecule has 1 unspecified atom stereocenters. The van der Waals surface area contributed by atoms with Crippen molar-refractivity contribution in [3.8, 4) is 17.1 Å². The van der Waals surface area contributed by atoms with Gasteiger partial charge in [-0.1, -0.05) is 17.3 Å². The number of carbonyl (C=O) groups is 1. The van der Waals surface area contributed by atoms with Crippen molar-refractivity contribution >= 4 is 23.1 Å². The summed E-state index contributed by atoms with van der Waals surface area (Å²) in [5.41, 5.74) is 1.65. The first-order valence-corrected chi connectivity index (χ1v) is 10.2. The van der Waals surface area contributed by atoms with Crippen molar-refractivity contribution in [2.24, 2.45) is 5.92 Å². The van der Waals surface area contributed by atoms with Crippen molar-refractivity contribution in [1.29, 1.82) is 0 Å². The number of nitrogens with one attached hydrogen (secondary N) is 1. The lowest BCUT2D eigenvalue weighted by Gasteiger charge is -2.32. The molecule has 1 aliphatic heterocycles. The number of urea groups is 1. The molecule has 2 amide bonds. The topological polar surface area (TPSA) is 80.5 Å². The molecule has 1 fully saturated rings. The van der Waals surface area contributed by atoms with Crippen LogP contribution in [0.4, 0.5) is 10.5 Å². The predicted octanol–water partition coefficient (Wildman–Crippen LogP) is 4.29. The first kappa shape index (κ1) is 18.5. The lowest BCUT2D eigenvalue weighted by Crippen LogP contribution is -2.42. The molecular weight excluding hydrogens is 376 g/mol. The van der Waals surface area contributed by atoms with E-state index in [9.17, 15) is 4.79 Å². The highest BCUT2D eigenvalue weighted by Gasteiger charge is 2.26. The van der Waals surface area contributed by atoms with Crippen LogP contribution < -0.4 is 10.1 Å². The molecule has 3 aromatic rings. The molecule has 146 valence electrons. The second-order valence-electron chi connectivity index (χ2n) is 6.81. The van der Waals surface area contributed by atoms with Crippen LogP contribution in [0.3, 0.4) is 0 Å². The van der Waals surface area contributed by atoms with E-state index < -0.39 is 0 Å². The van der Waals surface area contributed by atoms with Crippen molar-refractivity contribution in [2.45, 2.75) is 19.3 Å². The standard InChI is InChI=1S/C20H22N4O3S/c1-26-17-7-3-2-6-16(17)21-20(25)24-9-4-5-14(12-24)11-18-22-19(23-27-18)15-8-10-28-13-15/h2-3,6-8,10,13-14H,4-5,9,11-12H2,1H3,(H,21,25). The Morgan fingerprint density at radius 2 is 2.29 bits per heavy atom. The van der Waals surface area contributed by atoms with E-state index in [0.29, 0.717) is 42.0 Å². The van der Waals surface area contributed by atoms with Gasteiger partial charge in [-0.25, -0.2) is 4.79 Å². The average molecular weight is 398 g/mol. The lowest BCUT2D eigenvalue weighted by atomic mass is 9.95. The van der Waals surface area contributed by atoms with Gasteiger partial charge in [0.25, 0.3) is 0 Å². The number of para-hydroxylation sites is 2. The predicted molar refractivity (Wildman–Crippen MR) is 108 cm³/mol. The maximum absolute atomic E-state index is 12.7. The molecule has 1 aromatic carbocycles. The Kier molecular flexibility index (Phi) is 5.57. The molecular formula is C20H22N4O3S. The number of benzene rings is 1. The number of aromatic nitrogens is 2. The number of ether oxygens (including phenoxy) is 1. The summed E-state index contributed by atoms with van der Waals surface area (Å²) in [6, 6.07) is 9.28. The maximum atomic E-state index is 12.7. The average Bonchev–Trinajstić information content (AvgIpc) is 3.40. The quantitative estimate of drug-likeness (QED) is 0.693. The molecule has 1 aliphatic rings. The van der Waals surface area contributed by atoms with Crippen LogP contribution in [0.15, 0.2) is 45.6 Å². The molecule has 8 heteroatoms. The summed E-state index contributed by atoms with van der Waals surface area (Å²) < 4.78 is 10.7. The number of nitrogens with zero attached hydrogens (tertiary/aromatic N) is 3. The second kappa shape index (κ2) is 8.43. The second-order valence-corrected chi connectivity index (χ2v) is 7.59. The monoisotopic (exact) mass is 398 g/mol. The highest BCUT2D eigenvalue weighted by molar-refractivity contribution is 7.08. The Hall–Kier alpha value is -2.87. The molecule has 0 bridgehead atoms. The lowest BCUT2D eigenvalue weighted by molar-refractivity contribution is 0.173. The van der Waals surface area contributed by atoms with Crippen LogP contribution in [-0.2, 0) is 6.42 Å². The Morgan fingerprint density at radius 1 is 1.39 bits per heavy atom. The van der Waals surface area contributed by atoms with E-state index in [1.54, 1.807) is 18.4 Å². The third-order valence-corrected chi connectivity index (χ3v) is 5.55. The first-order valence-electron chi connectivity index (χ1n) is 9.27. The highest BCUT2D eigenvalue weighted by Crippen LogP contribution is 2.26. The number of carbonyl (C=O) groups excluding carboxylic acids is 1. The zero-order valence-electron chi connectivity index (χ0n) is 15.6. The first-order chi connectivity index (χ1) is 13.7. The minimum Gasteiger partial charge on any atom is -0.495 e. The van der Waals surface area contributed by atoms with Crippen LogP contribution >= 0.6 is 11.3 Å². The van der Waals surface area contributed by atoms with Gasteiger partial charge in [0.05, 0.1) is 12.8 Å². The van der Waals surface area contributed by atoms with Gasteiger partial charge in [-0.05, 0) is 42.3 Å². The minimum atomic E-state index is -0.112. The van der Waals surface area contributed by atoms with Crippen LogP contribution in [0.1, 0.15) is 18.7 Å². The maximum Gasteiger partial charge on any atom is 0.321 e. The molecule has 1 saturated heterocycles. The van der Waals surface area contributed by atoms with E-state index in [2.05, 4.69) is 15.5 Å². The molecule has 3 heterocycles. The SMILES string of the molecule is COc1ccccc1NC(=O)N1CCCC(Cc2nc(-c3ccsc3)no2)C1. The molecule has 1 N–H and O–H groups in total. The van der Waals surface area contributed by atoms with Crippen molar-refractivity contribution in [2.75, 3.05) is 25.5 Å². The zero-order chi connectivity index (χ0) is 19.3. The number of hydrogen-bond acceptors (Lipinski definition) is 6. The Balaban J connectivity index is 1.37. The summed E-state index contributed by atoms with van der Waals surface area (Å²) in [6.45, 7) is 1.40. The Bertz CT molecular complexity index is 925. The van der Waals surface area contributed by atoms with Crippen LogP contribution in [0.5, 0.6) is 5.75 Å². The summed E-state index contributed by atoms with van der Waals surface area (Å²) in [5.74, 6) is 2.19. The summed E-state index contributed by atoms with van der Waals surface area (Å²) in [7, 11) is 1.59. The fourth-order valence-electron chi connectivity index (χ4n) is 3.45. The Morgan fingerprint density at radius 3 is 3.11 bits per heavy atom. The minimum absolute atomic E-state index is 0.112. The molecule has 1 atom stereocenters. The van der Waals surface area contributed by atoms with Gasteiger partial charge in [0.2, 0.25) is 11.7 Å². The van der Waals surface area contributed by atoms with E-state index in [1.807, 2.05) is 46.0 Å². The van der Waals surface area contributed by atoms with Crippen LogP contribution in [0.25, 0.3) is 11.4 Å². The third-order valence-electron chi connectivity index (χ3n) is 4.87. The number of rotatable bonds is 5. The molecule has 0 saturated carbocycles. The van der Waals surface area contributed by atoms with Crippen molar-refractivity contribution in [1.82, 2.24) is 15.0 Å². The van der Waals surface area contributed by atoms with Crippen molar-refractivity contribution in [3.63, 3.8) is 0 Å². The van der Waals surface area contributed by atoms with Gasteiger partial charge in [-0.2, -0.15) is 16.3 Å². The highest BCUT2D eigenvalue weighted by atomic mass is 32.1. The van der Waals surface area contributed by atoms with Gasteiger partial charge in [0.1, 0.15) is 5.75 Å². The normalized spacial score (nSPS) is 16.8. The summed E-state index contributed by atoms with van der Waals surface area (Å²) in [6.07, 6.45) is 2.67. The summed E-state index contributed by atoms with van der Waals surface area (Å²) in [4.78, 5) is 19.0. The number of thiophene rings is 1. The number of methoxy groups -OCH3 is 1. The van der Waals surface area contributed by atoms with Gasteiger partial charge in [-0.15, -0.1) is 0 Å². The number of amides is 2. The third kappa shape index (κ3) is 4.17. The molecule has 0 radical (unpaired) electrons. The van der Waals surface area contributed by atoms with Crippen LogP contribution in [0, 0.1) is 5.92 Å². The van der Waals surface area contributed by atoms with Crippen molar-refractivity contribution in [3.05, 3.63) is 47.0 Å². The zero-order valence-corrected chi connectivity index (χ0v) is 16.4. The van der Waals surface area contributed by atoms with E-state index in [4.69, 9.17) is 9.26 Å². The summed E-state index contributed by atoms with van der Waals surface area (Å²) >= 11 is 1.60. The van der Waals surface area contributed by atoms with E-state index in [0.717, 1.165) is 24.9 Å². The van der Waals surface area contributed by atoms with Gasteiger partial charge < -0.3 is 19.5 Å². The summed E-state index contributed by atoms with van der Waals surface area (Å²) in [5, 5.41) is 11.0. The van der Waals surface area contributed by atoms with Crippen LogP contribution in [0.2, 0.25) is 0 Å². The van der Waals surface area contributed by atoms with Gasteiger partial charge >= 0.3 is 6.03 Å². The largest absolute Gasteiger partial charge is 0.495 e. The number of anilines is 1. The number of likely N-dealkylation sites (tertiary alicyclic amines) is 1. The van der Waals surface area contributed by atoms with E-state index >= 15 is 0 Å². The molecule has 7 nitrogen and oxygen atoms in total. The van der Waals surface area contributed by atoms with Crippen molar-refractivity contribution < 1.29 is 14.1 Å². The van der Waals surface area contributed by atoms with Gasteiger partial charge in [0, 0.05) is 30.5 Å². The van der Waals surface area contributed by atoms with Gasteiger partial charge in [-0.3, -0.25) is 0 Å². The fraction of sp³-hybridized carbons (Fsp3) is 0.350. The Labute approximate surface area is 167 Å². The molecule has 4 rings (SSSR count). The fourth-order valence-corrected chi connectivity index (χ4v) is 4.09. The molecule has 2 aromatic heterocycles. The molecule has 28 heavy (non-hydrogen) atoms. The number of piperidine rings is 1. The van der Waals surface area contributed by atoms with Crippen LogP contribution in [-0.4, -0.2) is 41.3 Å². The number of hydrogen-bond donors (Lipinski definition) is 1. The molecule has 0 spiro atoms.